The van der Waals surface area contributed by atoms with Crippen molar-refractivity contribution in [2.45, 2.75) is 101 Å². The zero-order valence-corrected chi connectivity index (χ0v) is 37.9. The third kappa shape index (κ3) is 5.47. The number of rotatable bonds is 4. The van der Waals surface area contributed by atoms with Crippen LogP contribution in [0.3, 0.4) is 0 Å². The van der Waals surface area contributed by atoms with E-state index in [1.54, 1.807) is 73.6 Å². The van der Waals surface area contributed by atoms with E-state index in [-0.39, 0.29) is 0 Å². The molecule has 324 valence electrons. The molecule has 6 aromatic carbocycles. The van der Waals surface area contributed by atoms with Crippen LogP contribution in [-0.4, -0.2) is 0 Å². The first-order chi connectivity index (χ1) is 31.7. The summed E-state index contributed by atoms with van der Waals surface area (Å²) >= 11 is 0. The maximum Gasteiger partial charge on any atom is -0.00900 e. The Bertz CT molecular complexity index is 2510. The summed E-state index contributed by atoms with van der Waals surface area (Å²) in [5, 5.41) is 5.73. The first-order valence-electron chi connectivity index (χ1n) is 26.8. The minimum atomic E-state index is 0.529. The summed E-state index contributed by atoms with van der Waals surface area (Å²) in [7, 11) is 0. The minimum absolute atomic E-state index is 0.529. The first kappa shape index (κ1) is 38.0. The molecule has 0 spiro atoms. The van der Waals surface area contributed by atoms with E-state index in [0.29, 0.717) is 35.5 Å². The van der Waals surface area contributed by atoms with Crippen molar-refractivity contribution in [2.75, 3.05) is 0 Å². The lowest BCUT2D eigenvalue weighted by molar-refractivity contribution is -0.169. The Labute approximate surface area is 383 Å². The molecule has 0 aliphatic heterocycles. The van der Waals surface area contributed by atoms with Gasteiger partial charge in [0.15, 0.2) is 0 Å². The second-order valence-corrected chi connectivity index (χ2v) is 24.0. The Morgan fingerprint density at radius 3 is 1.08 bits per heavy atom. The SMILES string of the molecule is c1ccc(C2CC3C(CC2c2ccccc2)C(c2ccc4ccccc4c2)C2C4CCC5C6CCC7CCC8CCC(C9CCC(C4C95)C2C3c2ccc3ccccc3c2)C6C87)cc1. The average molecular weight is 837 g/mol. The van der Waals surface area contributed by atoms with Crippen LogP contribution in [0.25, 0.3) is 21.5 Å². The molecule has 0 aromatic heterocycles. The molecule has 0 radical (unpaired) electrons. The van der Waals surface area contributed by atoms with E-state index in [2.05, 4.69) is 146 Å². The van der Waals surface area contributed by atoms with Crippen molar-refractivity contribution in [2.24, 2.45) is 94.7 Å². The van der Waals surface area contributed by atoms with Gasteiger partial charge in [-0.15, -0.1) is 0 Å². The molecule has 9 aliphatic carbocycles. The predicted molar refractivity (Wildman–Crippen MR) is 263 cm³/mol. The fraction of sp³-hybridized carbons (Fsp3) is 0.500. The third-order valence-electron chi connectivity index (χ3n) is 22.4. The van der Waals surface area contributed by atoms with Crippen molar-refractivity contribution in [1.82, 2.24) is 0 Å². The summed E-state index contributed by atoms with van der Waals surface area (Å²) in [6.45, 7) is 0. The smallest absolute Gasteiger partial charge is 0.00900 e. The summed E-state index contributed by atoms with van der Waals surface area (Å²) < 4.78 is 0. The Kier molecular flexibility index (Phi) is 8.71. The van der Waals surface area contributed by atoms with Crippen LogP contribution in [-0.2, 0) is 0 Å². The third-order valence-corrected chi connectivity index (χ3v) is 22.4. The predicted octanol–water partition coefficient (Wildman–Crippen LogP) is 16.1. The molecule has 0 amide bonds. The van der Waals surface area contributed by atoms with E-state index in [4.69, 9.17) is 0 Å². The Hall–Kier alpha value is -4.16. The molecule has 15 rings (SSSR count). The monoisotopic (exact) mass is 837 g/mol. The highest BCUT2D eigenvalue weighted by Crippen LogP contribution is 2.77. The molecule has 0 N–H and O–H groups in total. The van der Waals surface area contributed by atoms with E-state index in [9.17, 15) is 0 Å². The molecular weight excluding hydrogens is 769 g/mol. The lowest BCUT2D eigenvalue weighted by Gasteiger charge is -2.65. The number of hydrogen-bond acceptors (Lipinski definition) is 0. The van der Waals surface area contributed by atoms with Gasteiger partial charge in [0.1, 0.15) is 0 Å². The molecule has 0 heterocycles. The molecule has 9 aliphatic rings. The second kappa shape index (κ2) is 14.7. The van der Waals surface area contributed by atoms with E-state index in [0.717, 1.165) is 82.9 Å². The number of fused-ring (bicyclic) bond motifs is 8. The van der Waals surface area contributed by atoms with E-state index in [1.807, 2.05) is 0 Å². The second-order valence-electron chi connectivity index (χ2n) is 24.0. The number of hydrogen-bond donors (Lipinski definition) is 0. The molecule has 9 saturated carbocycles. The summed E-state index contributed by atoms with van der Waals surface area (Å²) in [5.41, 5.74) is 6.54. The van der Waals surface area contributed by atoms with Crippen molar-refractivity contribution >= 4 is 21.5 Å². The molecule has 16 atom stereocenters. The van der Waals surface area contributed by atoms with Gasteiger partial charge in [-0.25, -0.2) is 0 Å². The van der Waals surface area contributed by atoms with Gasteiger partial charge in [-0.05, 0) is 239 Å². The van der Waals surface area contributed by atoms with Crippen molar-refractivity contribution in [3.63, 3.8) is 0 Å². The van der Waals surface area contributed by atoms with Crippen molar-refractivity contribution in [3.05, 3.63) is 168 Å². The van der Waals surface area contributed by atoms with Gasteiger partial charge in [-0.2, -0.15) is 0 Å². The van der Waals surface area contributed by atoms with Gasteiger partial charge >= 0.3 is 0 Å². The van der Waals surface area contributed by atoms with Gasteiger partial charge in [-0.1, -0.05) is 146 Å². The summed E-state index contributed by atoms with van der Waals surface area (Å²) in [6.07, 6.45) is 18.2. The van der Waals surface area contributed by atoms with Gasteiger partial charge in [0, 0.05) is 0 Å². The highest BCUT2D eigenvalue weighted by atomic mass is 14.7. The average Bonchev–Trinajstić information content (AvgIpc) is 3.94. The molecule has 64 heavy (non-hydrogen) atoms. The highest BCUT2D eigenvalue weighted by Gasteiger charge is 2.70. The maximum absolute atomic E-state index is 2.73. The lowest BCUT2D eigenvalue weighted by Crippen LogP contribution is -2.59. The van der Waals surface area contributed by atoms with Gasteiger partial charge in [0.2, 0.25) is 0 Å². The Morgan fingerprint density at radius 2 is 0.609 bits per heavy atom. The van der Waals surface area contributed by atoms with Gasteiger partial charge in [0.05, 0.1) is 0 Å². The van der Waals surface area contributed by atoms with Crippen LogP contribution in [0.2, 0.25) is 0 Å². The minimum Gasteiger partial charge on any atom is -0.0622 e. The molecule has 9 fully saturated rings. The summed E-state index contributed by atoms with van der Waals surface area (Å²) in [4.78, 5) is 0. The summed E-state index contributed by atoms with van der Waals surface area (Å²) in [6, 6.07) is 58.2. The van der Waals surface area contributed by atoms with Crippen molar-refractivity contribution in [3.8, 4) is 0 Å². The zero-order chi connectivity index (χ0) is 41.6. The van der Waals surface area contributed by atoms with E-state index >= 15 is 0 Å². The fourth-order valence-corrected chi connectivity index (χ4v) is 20.9. The molecular formula is C64H68. The van der Waals surface area contributed by atoms with Crippen LogP contribution in [0, 0.1) is 94.7 Å². The fourth-order valence-electron chi connectivity index (χ4n) is 20.9. The van der Waals surface area contributed by atoms with Crippen LogP contribution in [0.1, 0.15) is 123 Å². The maximum atomic E-state index is 2.73. The van der Waals surface area contributed by atoms with E-state index < -0.39 is 0 Å². The van der Waals surface area contributed by atoms with Crippen LogP contribution in [0.4, 0.5) is 0 Å². The van der Waals surface area contributed by atoms with Crippen LogP contribution in [0.5, 0.6) is 0 Å². The van der Waals surface area contributed by atoms with Gasteiger partial charge < -0.3 is 0 Å². The standard InChI is InChI=1S/C64H68/c1-3-13-39(14-4-1)53-35-55-56(36-54(53)40-15-5-2-6-16-40)59(46-24-20-38-12-8-10-18-44(38)34-46)64-52-32-30-50-48-28-26-42-22-21-41-25-27-47(60(48)57(41)42)49-29-31-51(62(52)61(49)50)63(64)58(55)45-23-19-37-11-7-9-17-43(37)33-45/h1-20,23-24,33-34,41-42,47-64H,21-22,25-32,35-36H2. The molecule has 0 heteroatoms. The molecule has 0 saturated heterocycles. The molecule has 0 nitrogen and oxygen atoms in total. The number of benzene rings is 6. The van der Waals surface area contributed by atoms with Crippen LogP contribution >= 0.6 is 0 Å². The Balaban J connectivity index is 0.926. The van der Waals surface area contributed by atoms with Gasteiger partial charge in [-0.3, -0.25) is 0 Å². The van der Waals surface area contributed by atoms with Crippen molar-refractivity contribution in [1.29, 1.82) is 0 Å². The highest BCUT2D eigenvalue weighted by molar-refractivity contribution is 5.84. The van der Waals surface area contributed by atoms with Gasteiger partial charge in [0.25, 0.3) is 0 Å². The normalized spacial score (nSPS) is 43.5. The molecule has 0 bridgehead atoms. The quantitative estimate of drug-likeness (QED) is 0.166. The Morgan fingerprint density at radius 1 is 0.250 bits per heavy atom. The topological polar surface area (TPSA) is 0 Å². The largest absolute Gasteiger partial charge is 0.0622 e. The van der Waals surface area contributed by atoms with Crippen LogP contribution in [0.15, 0.2) is 146 Å². The summed E-state index contributed by atoms with van der Waals surface area (Å²) in [5.74, 6) is 17.3. The van der Waals surface area contributed by atoms with Crippen LogP contribution < -0.4 is 0 Å². The van der Waals surface area contributed by atoms with E-state index in [1.165, 1.54) is 47.2 Å². The van der Waals surface area contributed by atoms with Crippen molar-refractivity contribution < 1.29 is 0 Å². The lowest BCUT2D eigenvalue weighted by atomic mass is 9.40. The zero-order valence-electron chi connectivity index (χ0n) is 37.9. The molecule has 16 unspecified atom stereocenters. The molecule has 6 aromatic rings. The first-order valence-corrected chi connectivity index (χ1v) is 26.8.